The summed E-state index contributed by atoms with van der Waals surface area (Å²) in [5.41, 5.74) is 8.16. The molecule has 1 saturated heterocycles. The van der Waals surface area contributed by atoms with Crippen LogP contribution in [-0.2, 0) is 6.54 Å². The van der Waals surface area contributed by atoms with Crippen LogP contribution in [0.25, 0.3) is 0 Å². The smallest absolute Gasteiger partial charge is 0.123 e. The fourth-order valence-corrected chi connectivity index (χ4v) is 2.29. The lowest BCUT2D eigenvalue weighted by atomic mass is 10.0. The standard InChI is InChI=1S/C13H19FN2/c1-10-4-5-12(14)7-11(10)8-16-6-2-3-13(15)9-16/h4-5,7,13H,2-3,6,8-9,15H2,1H3. The second-order valence-corrected chi connectivity index (χ2v) is 4.71. The first-order valence-electron chi connectivity index (χ1n) is 5.88. The summed E-state index contributed by atoms with van der Waals surface area (Å²) in [5.74, 6) is -0.151. The lowest BCUT2D eigenvalue weighted by Crippen LogP contribution is -2.42. The molecule has 1 fully saturated rings. The van der Waals surface area contributed by atoms with Gasteiger partial charge in [-0.15, -0.1) is 0 Å². The molecule has 16 heavy (non-hydrogen) atoms. The van der Waals surface area contributed by atoms with E-state index in [1.165, 1.54) is 6.07 Å². The van der Waals surface area contributed by atoms with E-state index in [1.807, 2.05) is 13.0 Å². The molecule has 0 radical (unpaired) electrons. The Bertz CT molecular complexity index is 365. The molecule has 0 aliphatic carbocycles. The number of benzene rings is 1. The maximum absolute atomic E-state index is 13.1. The molecule has 2 rings (SSSR count). The van der Waals surface area contributed by atoms with Gasteiger partial charge >= 0.3 is 0 Å². The molecule has 0 amide bonds. The fourth-order valence-electron chi connectivity index (χ4n) is 2.29. The maximum atomic E-state index is 13.1. The number of likely N-dealkylation sites (tertiary alicyclic amines) is 1. The Kier molecular flexibility index (Phi) is 3.56. The minimum Gasteiger partial charge on any atom is -0.327 e. The van der Waals surface area contributed by atoms with Gasteiger partial charge in [0.1, 0.15) is 5.82 Å². The third kappa shape index (κ3) is 2.80. The van der Waals surface area contributed by atoms with Crippen LogP contribution in [0.2, 0.25) is 0 Å². The fraction of sp³-hybridized carbons (Fsp3) is 0.538. The number of rotatable bonds is 2. The van der Waals surface area contributed by atoms with Crippen molar-refractivity contribution in [3.05, 3.63) is 35.1 Å². The summed E-state index contributed by atoms with van der Waals surface area (Å²) in [5, 5.41) is 0. The highest BCUT2D eigenvalue weighted by Gasteiger charge is 2.17. The van der Waals surface area contributed by atoms with Crippen LogP contribution in [0.1, 0.15) is 24.0 Å². The lowest BCUT2D eigenvalue weighted by Gasteiger charge is -2.31. The molecule has 2 nitrogen and oxygen atoms in total. The van der Waals surface area contributed by atoms with Gasteiger partial charge in [-0.25, -0.2) is 4.39 Å². The Labute approximate surface area is 96.2 Å². The topological polar surface area (TPSA) is 29.3 Å². The molecule has 1 aromatic carbocycles. The highest BCUT2D eigenvalue weighted by Crippen LogP contribution is 2.16. The van der Waals surface area contributed by atoms with Gasteiger partial charge in [0.2, 0.25) is 0 Å². The number of piperidine rings is 1. The van der Waals surface area contributed by atoms with E-state index in [2.05, 4.69) is 4.90 Å². The van der Waals surface area contributed by atoms with Gasteiger partial charge in [-0.05, 0) is 49.6 Å². The van der Waals surface area contributed by atoms with Gasteiger partial charge in [0.05, 0.1) is 0 Å². The van der Waals surface area contributed by atoms with Crippen LogP contribution >= 0.6 is 0 Å². The number of hydrogen-bond donors (Lipinski definition) is 1. The van der Waals surface area contributed by atoms with Gasteiger partial charge in [-0.1, -0.05) is 6.07 Å². The number of nitrogens with two attached hydrogens (primary N) is 1. The zero-order chi connectivity index (χ0) is 11.5. The SMILES string of the molecule is Cc1ccc(F)cc1CN1CCCC(N)C1. The number of nitrogens with zero attached hydrogens (tertiary/aromatic N) is 1. The average molecular weight is 222 g/mol. The van der Waals surface area contributed by atoms with Crippen LogP contribution in [0.5, 0.6) is 0 Å². The van der Waals surface area contributed by atoms with Crippen molar-refractivity contribution in [3.8, 4) is 0 Å². The van der Waals surface area contributed by atoms with Crippen molar-refractivity contribution in [3.63, 3.8) is 0 Å². The quantitative estimate of drug-likeness (QED) is 0.830. The van der Waals surface area contributed by atoms with Crippen molar-refractivity contribution in [2.75, 3.05) is 13.1 Å². The summed E-state index contributed by atoms with van der Waals surface area (Å²) >= 11 is 0. The molecule has 1 aliphatic heterocycles. The van der Waals surface area contributed by atoms with Gasteiger partial charge in [0.15, 0.2) is 0 Å². The minimum absolute atomic E-state index is 0.151. The lowest BCUT2D eigenvalue weighted by molar-refractivity contribution is 0.201. The Morgan fingerprint density at radius 2 is 2.31 bits per heavy atom. The Hall–Kier alpha value is -0.930. The van der Waals surface area contributed by atoms with Crippen LogP contribution < -0.4 is 5.73 Å². The van der Waals surface area contributed by atoms with E-state index in [1.54, 1.807) is 6.07 Å². The highest BCUT2D eigenvalue weighted by atomic mass is 19.1. The molecule has 0 aromatic heterocycles. The number of halogens is 1. The average Bonchev–Trinajstić information content (AvgIpc) is 2.24. The van der Waals surface area contributed by atoms with Crippen LogP contribution in [0, 0.1) is 12.7 Å². The van der Waals surface area contributed by atoms with E-state index in [0.717, 1.165) is 43.6 Å². The largest absolute Gasteiger partial charge is 0.327 e. The van der Waals surface area contributed by atoms with Crippen molar-refractivity contribution in [2.24, 2.45) is 5.73 Å². The van der Waals surface area contributed by atoms with Gasteiger partial charge in [0, 0.05) is 19.1 Å². The van der Waals surface area contributed by atoms with E-state index in [-0.39, 0.29) is 11.9 Å². The first-order valence-corrected chi connectivity index (χ1v) is 5.88. The number of aryl methyl sites for hydroxylation is 1. The molecule has 2 N–H and O–H groups in total. The Balaban J connectivity index is 2.05. The maximum Gasteiger partial charge on any atom is 0.123 e. The van der Waals surface area contributed by atoms with Crippen LogP contribution in [0.4, 0.5) is 4.39 Å². The molecular formula is C13H19FN2. The molecule has 3 heteroatoms. The highest BCUT2D eigenvalue weighted by molar-refractivity contribution is 5.26. The molecule has 88 valence electrons. The second-order valence-electron chi connectivity index (χ2n) is 4.71. The summed E-state index contributed by atoms with van der Waals surface area (Å²) in [6, 6.07) is 5.27. The molecule has 0 spiro atoms. The summed E-state index contributed by atoms with van der Waals surface area (Å²) in [6.45, 7) is 4.84. The summed E-state index contributed by atoms with van der Waals surface area (Å²) in [6.07, 6.45) is 2.26. The first-order chi connectivity index (χ1) is 7.65. The Morgan fingerprint density at radius 3 is 3.06 bits per heavy atom. The van der Waals surface area contributed by atoms with Gasteiger partial charge < -0.3 is 5.73 Å². The Morgan fingerprint density at radius 1 is 1.50 bits per heavy atom. The minimum atomic E-state index is -0.151. The monoisotopic (exact) mass is 222 g/mol. The van der Waals surface area contributed by atoms with Crippen molar-refractivity contribution in [2.45, 2.75) is 32.4 Å². The first kappa shape index (κ1) is 11.6. The van der Waals surface area contributed by atoms with Crippen molar-refractivity contribution >= 4 is 0 Å². The number of hydrogen-bond acceptors (Lipinski definition) is 2. The summed E-state index contributed by atoms with van der Waals surface area (Å²) in [7, 11) is 0. The molecule has 0 saturated carbocycles. The van der Waals surface area contributed by atoms with E-state index in [9.17, 15) is 4.39 Å². The van der Waals surface area contributed by atoms with Gasteiger partial charge in [-0.3, -0.25) is 4.90 Å². The molecule has 1 unspecified atom stereocenters. The van der Waals surface area contributed by atoms with E-state index < -0.39 is 0 Å². The van der Waals surface area contributed by atoms with Crippen molar-refractivity contribution < 1.29 is 4.39 Å². The molecular weight excluding hydrogens is 203 g/mol. The zero-order valence-corrected chi connectivity index (χ0v) is 9.75. The molecule has 0 bridgehead atoms. The van der Waals surface area contributed by atoms with Crippen LogP contribution in [0.15, 0.2) is 18.2 Å². The normalized spacial score (nSPS) is 22.3. The van der Waals surface area contributed by atoms with Crippen LogP contribution in [0.3, 0.4) is 0 Å². The van der Waals surface area contributed by atoms with E-state index in [0.29, 0.717) is 0 Å². The summed E-state index contributed by atoms with van der Waals surface area (Å²) in [4.78, 5) is 2.32. The van der Waals surface area contributed by atoms with Gasteiger partial charge in [-0.2, -0.15) is 0 Å². The summed E-state index contributed by atoms with van der Waals surface area (Å²) < 4.78 is 13.1. The zero-order valence-electron chi connectivity index (χ0n) is 9.75. The van der Waals surface area contributed by atoms with Crippen LogP contribution in [-0.4, -0.2) is 24.0 Å². The third-order valence-electron chi connectivity index (χ3n) is 3.25. The second kappa shape index (κ2) is 4.93. The van der Waals surface area contributed by atoms with Gasteiger partial charge in [0.25, 0.3) is 0 Å². The predicted molar refractivity (Wildman–Crippen MR) is 63.6 cm³/mol. The van der Waals surface area contributed by atoms with Crippen molar-refractivity contribution in [1.29, 1.82) is 0 Å². The molecule has 1 atom stereocenters. The third-order valence-corrected chi connectivity index (χ3v) is 3.25. The molecule has 1 aromatic rings. The van der Waals surface area contributed by atoms with Crippen molar-refractivity contribution in [1.82, 2.24) is 4.90 Å². The predicted octanol–water partition coefficient (Wildman–Crippen LogP) is 2.06. The molecule has 1 heterocycles. The van der Waals surface area contributed by atoms with E-state index >= 15 is 0 Å². The molecule has 1 aliphatic rings. The van der Waals surface area contributed by atoms with E-state index in [4.69, 9.17) is 5.73 Å².